The maximum atomic E-state index is 12.9. The van der Waals surface area contributed by atoms with Crippen molar-refractivity contribution < 1.29 is 9.53 Å². The quantitative estimate of drug-likeness (QED) is 0.772. The lowest BCUT2D eigenvalue weighted by Crippen LogP contribution is -2.24. The molecule has 1 amide bonds. The zero-order chi connectivity index (χ0) is 16.5. The summed E-state index contributed by atoms with van der Waals surface area (Å²) in [5.74, 6) is 0.666. The number of nitriles is 1. The van der Waals surface area contributed by atoms with Gasteiger partial charge in [0.2, 0.25) is 5.91 Å². The minimum absolute atomic E-state index is 0.197. The summed E-state index contributed by atoms with van der Waals surface area (Å²) in [6.07, 6.45) is 1.45. The van der Waals surface area contributed by atoms with Crippen LogP contribution in [0, 0.1) is 11.3 Å². The van der Waals surface area contributed by atoms with Crippen molar-refractivity contribution in [2.24, 2.45) is 0 Å². The number of fused-ring (bicyclic) bond motifs is 2. The number of carbonyl (C=O) groups is 1. The number of hydrogen-bond acceptors (Lipinski definition) is 5. The van der Waals surface area contributed by atoms with Crippen LogP contribution in [-0.2, 0) is 4.79 Å². The van der Waals surface area contributed by atoms with Gasteiger partial charge in [0.25, 0.3) is 0 Å². The van der Waals surface area contributed by atoms with E-state index < -0.39 is 5.92 Å². The summed E-state index contributed by atoms with van der Waals surface area (Å²) in [4.78, 5) is 17.4. The zero-order valence-electron chi connectivity index (χ0n) is 12.4. The van der Waals surface area contributed by atoms with Gasteiger partial charge in [-0.15, -0.1) is 0 Å². The fraction of sp³-hybridized carbons (Fsp3) is 0.0556. The molecular formula is C18H11N3O2S. The number of nitrogens with one attached hydrogen (secondary N) is 1. The molecule has 6 heteroatoms. The molecule has 1 N–H and O–H groups in total. The molecule has 1 aliphatic heterocycles. The number of para-hydroxylation sites is 2. The first kappa shape index (κ1) is 14.4. The number of nitrogens with zero attached hydrogens (tertiary/aromatic N) is 2. The number of aromatic nitrogens is 1. The zero-order valence-corrected chi connectivity index (χ0v) is 13.2. The summed E-state index contributed by atoms with van der Waals surface area (Å²) < 4.78 is 5.89. The van der Waals surface area contributed by atoms with E-state index in [2.05, 4.69) is 10.3 Å². The van der Waals surface area contributed by atoms with Crippen LogP contribution in [0.5, 0.6) is 11.5 Å². The summed E-state index contributed by atoms with van der Waals surface area (Å²) in [6, 6.07) is 17.0. The lowest BCUT2D eigenvalue weighted by molar-refractivity contribution is -0.116. The van der Waals surface area contributed by atoms with Gasteiger partial charge in [0.15, 0.2) is 5.13 Å². The molecule has 0 saturated carbocycles. The number of hydrogen-bond donors (Lipinski definition) is 1. The standard InChI is InChI=1S/C18H11N3O2S/c19-9-11-10-20-18(24-11)21-17(22)16-12-5-1-3-7-14(12)23-15-8-4-2-6-13(15)16/h1-8,10,16H,(H,20,21,22). The largest absolute Gasteiger partial charge is 0.457 e. The van der Waals surface area contributed by atoms with Crippen molar-refractivity contribution in [1.82, 2.24) is 4.98 Å². The van der Waals surface area contributed by atoms with Crippen LogP contribution in [0.3, 0.4) is 0 Å². The van der Waals surface area contributed by atoms with Gasteiger partial charge in [-0.2, -0.15) is 5.26 Å². The molecule has 0 bridgehead atoms. The van der Waals surface area contributed by atoms with Crippen LogP contribution in [0.15, 0.2) is 54.7 Å². The lowest BCUT2D eigenvalue weighted by atomic mass is 9.87. The van der Waals surface area contributed by atoms with Crippen molar-refractivity contribution >= 4 is 22.4 Å². The maximum Gasteiger partial charge on any atom is 0.238 e. The second-order valence-corrected chi connectivity index (χ2v) is 6.27. The van der Waals surface area contributed by atoms with Crippen molar-refractivity contribution in [3.05, 3.63) is 70.7 Å². The smallest absolute Gasteiger partial charge is 0.238 e. The van der Waals surface area contributed by atoms with Crippen LogP contribution >= 0.6 is 11.3 Å². The highest BCUT2D eigenvalue weighted by molar-refractivity contribution is 7.16. The van der Waals surface area contributed by atoms with Gasteiger partial charge < -0.3 is 10.1 Å². The monoisotopic (exact) mass is 333 g/mol. The maximum absolute atomic E-state index is 12.9. The summed E-state index contributed by atoms with van der Waals surface area (Å²) in [5, 5.41) is 12.1. The van der Waals surface area contributed by atoms with E-state index in [0.29, 0.717) is 21.5 Å². The molecule has 0 unspecified atom stereocenters. The first-order valence-electron chi connectivity index (χ1n) is 7.29. The minimum Gasteiger partial charge on any atom is -0.457 e. The van der Waals surface area contributed by atoms with E-state index in [0.717, 1.165) is 22.5 Å². The summed E-state index contributed by atoms with van der Waals surface area (Å²) >= 11 is 1.15. The van der Waals surface area contributed by atoms with Gasteiger partial charge in [0, 0.05) is 11.1 Å². The molecule has 24 heavy (non-hydrogen) atoms. The third-order valence-electron chi connectivity index (χ3n) is 3.79. The van der Waals surface area contributed by atoms with Crippen molar-refractivity contribution in [2.45, 2.75) is 5.92 Å². The lowest BCUT2D eigenvalue weighted by Gasteiger charge is -2.27. The second kappa shape index (κ2) is 5.80. The van der Waals surface area contributed by atoms with Crippen molar-refractivity contribution in [1.29, 1.82) is 5.26 Å². The number of carbonyl (C=O) groups excluding carboxylic acids is 1. The third kappa shape index (κ3) is 2.41. The molecule has 1 aromatic heterocycles. The number of thiazole rings is 1. The molecule has 1 aliphatic rings. The predicted molar refractivity (Wildman–Crippen MR) is 90.3 cm³/mol. The molecule has 2 heterocycles. The molecule has 0 saturated heterocycles. The molecule has 0 aliphatic carbocycles. The van der Waals surface area contributed by atoms with E-state index in [1.165, 1.54) is 6.20 Å². The molecule has 0 fully saturated rings. The highest BCUT2D eigenvalue weighted by Gasteiger charge is 2.32. The molecule has 2 aromatic carbocycles. The summed E-state index contributed by atoms with van der Waals surface area (Å²) in [7, 11) is 0. The van der Waals surface area contributed by atoms with E-state index in [4.69, 9.17) is 10.00 Å². The van der Waals surface area contributed by atoms with Gasteiger partial charge in [-0.05, 0) is 12.1 Å². The topological polar surface area (TPSA) is 75.0 Å². The molecule has 0 spiro atoms. The fourth-order valence-corrected chi connectivity index (χ4v) is 3.37. The number of benzene rings is 2. The molecule has 116 valence electrons. The Hall–Kier alpha value is -3.17. The summed E-state index contributed by atoms with van der Waals surface area (Å²) in [6.45, 7) is 0. The first-order chi connectivity index (χ1) is 11.8. The number of amides is 1. The van der Waals surface area contributed by atoms with Gasteiger partial charge in [0.05, 0.1) is 12.1 Å². The van der Waals surface area contributed by atoms with Gasteiger partial charge >= 0.3 is 0 Å². The van der Waals surface area contributed by atoms with Crippen molar-refractivity contribution in [3.8, 4) is 17.6 Å². The van der Waals surface area contributed by atoms with E-state index in [9.17, 15) is 4.79 Å². The molecule has 4 rings (SSSR count). The molecule has 3 aromatic rings. The van der Waals surface area contributed by atoms with Crippen LogP contribution in [0.2, 0.25) is 0 Å². The van der Waals surface area contributed by atoms with Gasteiger partial charge in [-0.25, -0.2) is 4.98 Å². The van der Waals surface area contributed by atoms with Crippen LogP contribution < -0.4 is 10.1 Å². The second-order valence-electron chi connectivity index (χ2n) is 5.24. The first-order valence-corrected chi connectivity index (χ1v) is 8.10. The Morgan fingerprint density at radius 3 is 2.33 bits per heavy atom. The number of rotatable bonds is 2. The van der Waals surface area contributed by atoms with Crippen molar-refractivity contribution in [3.63, 3.8) is 0 Å². The highest BCUT2D eigenvalue weighted by atomic mass is 32.1. The fourth-order valence-electron chi connectivity index (χ4n) is 2.75. The SMILES string of the molecule is N#Cc1cnc(NC(=O)C2c3ccccc3Oc3ccccc32)s1. The van der Waals surface area contributed by atoms with E-state index in [1.807, 2.05) is 54.6 Å². The number of anilines is 1. The van der Waals surface area contributed by atoms with Gasteiger partial charge in [-0.1, -0.05) is 47.7 Å². The Balaban J connectivity index is 1.74. The van der Waals surface area contributed by atoms with Gasteiger partial charge in [0.1, 0.15) is 22.4 Å². The Kier molecular flexibility index (Phi) is 3.48. The third-order valence-corrected chi connectivity index (χ3v) is 4.61. The Morgan fingerprint density at radius 2 is 1.75 bits per heavy atom. The van der Waals surface area contributed by atoms with E-state index in [-0.39, 0.29) is 5.91 Å². The van der Waals surface area contributed by atoms with Crippen molar-refractivity contribution in [2.75, 3.05) is 5.32 Å². The van der Waals surface area contributed by atoms with Gasteiger partial charge in [-0.3, -0.25) is 4.79 Å². The van der Waals surface area contributed by atoms with Crippen LogP contribution in [-0.4, -0.2) is 10.9 Å². The Labute approximate surface area is 142 Å². The predicted octanol–water partition coefficient (Wildman–Crippen LogP) is 3.89. The number of ether oxygens (including phenoxy) is 1. The molecule has 5 nitrogen and oxygen atoms in total. The molecule has 0 radical (unpaired) electrons. The highest BCUT2D eigenvalue weighted by Crippen LogP contribution is 2.44. The normalized spacial score (nSPS) is 12.5. The van der Waals surface area contributed by atoms with Crippen LogP contribution in [0.1, 0.15) is 21.9 Å². The van der Waals surface area contributed by atoms with Crippen LogP contribution in [0.4, 0.5) is 5.13 Å². The van der Waals surface area contributed by atoms with E-state index >= 15 is 0 Å². The Morgan fingerprint density at radius 1 is 1.12 bits per heavy atom. The molecular weight excluding hydrogens is 322 g/mol. The average Bonchev–Trinajstić information content (AvgIpc) is 3.07. The minimum atomic E-state index is -0.486. The summed E-state index contributed by atoms with van der Waals surface area (Å²) in [5.41, 5.74) is 1.62. The average molecular weight is 333 g/mol. The van der Waals surface area contributed by atoms with Crippen LogP contribution in [0.25, 0.3) is 0 Å². The molecule has 0 atom stereocenters. The van der Waals surface area contributed by atoms with E-state index in [1.54, 1.807) is 0 Å². The Bertz CT molecular complexity index is 929.